The van der Waals surface area contributed by atoms with Crippen LogP contribution in [0.1, 0.15) is 23.6 Å². The molecule has 2 rings (SSSR count). The van der Waals surface area contributed by atoms with Crippen LogP contribution in [0, 0.1) is 12.8 Å². The molecule has 2 unspecified atom stereocenters. The Bertz CT molecular complexity index is 464. The molecule has 1 aliphatic rings. The summed E-state index contributed by atoms with van der Waals surface area (Å²) in [6, 6.07) is 7.85. The summed E-state index contributed by atoms with van der Waals surface area (Å²) in [7, 11) is -2.84. The maximum Gasteiger partial charge on any atom is 0.150 e. The summed E-state index contributed by atoms with van der Waals surface area (Å²) in [6.07, 6.45) is 0.692. The van der Waals surface area contributed by atoms with E-state index in [2.05, 4.69) is 0 Å². The second-order valence-corrected chi connectivity index (χ2v) is 6.83. The van der Waals surface area contributed by atoms with Gasteiger partial charge in [-0.15, -0.1) is 0 Å². The Morgan fingerprint density at radius 3 is 2.44 bits per heavy atom. The van der Waals surface area contributed by atoms with Gasteiger partial charge in [-0.25, -0.2) is 8.42 Å². The fourth-order valence-corrected chi connectivity index (χ4v) is 4.02. The Labute approximate surface area is 96.6 Å². The van der Waals surface area contributed by atoms with E-state index in [9.17, 15) is 8.42 Å². The van der Waals surface area contributed by atoms with Crippen molar-refractivity contribution in [3.8, 4) is 0 Å². The minimum atomic E-state index is -2.84. The summed E-state index contributed by atoms with van der Waals surface area (Å²) in [5.41, 5.74) is 8.33. The van der Waals surface area contributed by atoms with Gasteiger partial charge in [-0.05, 0) is 24.8 Å². The summed E-state index contributed by atoms with van der Waals surface area (Å²) in [5.74, 6) is 0.604. The molecule has 0 amide bonds. The lowest BCUT2D eigenvalue weighted by Crippen LogP contribution is -2.22. The van der Waals surface area contributed by atoms with Crippen molar-refractivity contribution in [2.75, 3.05) is 11.5 Å². The molecule has 0 saturated carbocycles. The Morgan fingerprint density at radius 1 is 1.31 bits per heavy atom. The van der Waals surface area contributed by atoms with Gasteiger partial charge in [-0.1, -0.05) is 29.8 Å². The van der Waals surface area contributed by atoms with Crippen LogP contribution >= 0.6 is 0 Å². The van der Waals surface area contributed by atoms with Crippen LogP contribution in [0.15, 0.2) is 24.3 Å². The highest BCUT2D eigenvalue weighted by atomic mass is 32.2. The third kappa shape index (κ3) is 2.44. The highest BCUT2D eigenvalue weighted by molar-refractivity contribution is 7.91. The van der Waals surface area contributed by atoms with Crippen LogP contribution in [0.25, 0.3) is 0 Å². The second kappa shape index (κ2) is 4.18. The van der Waals surface area contributed by atoms with Gasteiger partial charge < -0.3 is 5.73 Å². The topological polar surface area (TPSA) is 60.2 Å². The van der Waals surface area contributed by atoms with E-state index in [1.807, 2.05) is 31.2 Å². The molecule has 0 bridgehead atoms. The first-order chi connectivity index (χ1) is 7.48. The van der Waals surface area contributed by atoms with E-state index < -0.39 is 9.84 Å². The molecule has 2 N–H and O–H groups in total. The molecule has 1 heterocycles. The van der Waals surface area contributed by atoms with Gasteiger partial charge in [0.2, 0.25) is 0 Å². The first-order valence-corrected chi connectivity index (χ1v) is 7.33. The lowest BCUT2D eigenvalue weighted by atomic mass is 9.93. The van der Waals surface area contributed by atoms with Crippen molar-refractivity contribution >= 4 is 9.84 Å². The van der Waals surface area contributed by atoms with Gasteiger partial charge in [0, 0.05) is 6.04 Å². The summed E-state index contributed by atoms with van der Waals surface area (Å²) in [6.45, 7) is 2.02. The maximum atomic E-state index is 11.4. The van der Waals surface area contributed by atoms with Crippen LogP contribution in [0.2, 0.25) is 0 Å². The number of hydrogen-bond donors (Lipinski definition) is 1. The van der Waals surface area contributed by atoms with E-state index in [-0.39, 0.29) is 23.5 Å². The Morgan fingerprint density at radius 2 is 1.94 bits per heavy atom. The molecule has 1 aromatic carbocycles. The van der Waals surface area contributed by atoms with Crippen molar-refractivity contribution in [3.63, 3.8) is 0 Å². The average Bonchev–Trinajstić information content (AvgIpc) is 2.59. The molecule has 16 heavy (non-hydrogen) atoms. The largest absolute Gasteiger partial charge is 0.324 e. The zero-order valence-electron chi connectivity index (χ0n) is 9.39. The molecule has 1 aliphatic heterocycles. The molecule has 0 aromatic heterocycles. The monoisotopic (exact) mass is 239 g/mol. The minimum Gasteiger partial charge on any atom is -0.324 e. The molecule has 2 atom stereocenters. The van der Waals surface area contributed by atoms with Crippen LogP contribution in [0.5, 0.6) is 0 Å². The molecule has 1 fully saturated rings. The number of nitrogens with two attached hydrogens (primary N) is 1. The van der Waals surface area contributed by atoms with Gasteiger partial charge in [0.15, 0.2) is 9.84 Å². The molecule has 0 aliphatic carbocycles. The van der Waals surface area contributed by atoms with E-state index in [1.54, 1.807) is 0 Å². The summed E-state index contributed by atoms with van der Waals surface area (Å²) in [4.78, 5) is 0. The smallest absolute Gasteiger partial charge is 0.150 e. The van der Waals surface area contributed by atoms with E-state index in [0.717, 1.165) is 5.56 Å². The van der Waals surface area contributed by atoms with Gasteiger partial charge in [0.25, 0.3) is 0 Å². The molecule has 0 radical (unpaired) electrons. The van der Waals surface area contributed by atoms with Gasteiger partial charge in [0.05, 0.1) is 11.5 Å². The van der Waals surface area contributed by atoms with Crippen LogP contribution in [-0.2, 0) is 9.84 Å². The first kappa shape index (κ1) is 11.6. The van der Waals surface area contributed by atoms with E-state index in [4.69, 9.17) is 5.73 Å². The molecule has 3 nitrogen and oxygen atoms in total. The minimum absolute atomic E-state index is 0.0766. The van der Waals surface area contributed by atoms with E-state index >= 15 is 0 Å². The van der Waals surface area contributed by atoms with E-state index in [0.29, 0.717) is 6.42 Å². The number of hydrogen-bond acceptors (Lipinski definition) is 3. The Hall–Kier alpha value is -0.870. The van der Waals surface area contributed by atoms with Crippen molar-refractivity contribution in [2.45, 2.75) is 19.4 Å². The Kier molecular flexibility index (Phi) is 3.04. The third-order valence-corrected chi connectivity index (χ3v) is 5.03. The molecule has 1 saturated heterocycles. The highest BCUT2D eigenvalue weighted by Crippen LogP contribution is 2.29. The molecular weight excluding hydrogens is 222 g/mol. The van der Waals surface area contributed by atoms with Crippen LogP contribution in [0.4, 0.5) is 0 Å². The predicted octanol–water partition coefficient (Wildman–Crippen LogP) is 1.43. The fourth-order valence-electron chi connectivity index (χ4n) is 2.17. The predicted molar refractivity (Wildman–Crippen MR) is 64.9 cm³/mol. The summed E-state index contributed by atoms with van der Waals surface area (Å²) >= 11 is 0. The second-order valence-electron chi connectivity index (χ2n) is 4.60. The summed E-state index contributed by atoms with van der Waals surface area (Å²) in [5, 5.41) is 0. The number of aryl methyl sites for hydroxylation is 1. The number of sulfone groups is 1. The zero-order chi connectivity index (χ0) is 11.8. The van der Waals surface area contributed by atoms with Crippen molar-refractivity contribution in [2.24, 2.45) is 11.7 Å². The Balaban J connectivity index is 2.14. The number of benzene rings is 1. The molecule has 88 valence electrons. The first-order valence-electron chi connectivity index (χ1n) is 5.50. The molecule has 0 spiro atoms. The van der Waals surface area contributed by atoms with Gasteiger partial charge >= 0.3 is 0 Å². The van der Waals surface area contributed by atoms with Crippen LogP contribution < -0.4 is 5.73 Å². The zero-order valence-corrected chi connectivity index (χ0v) is 10.2. The van der Waals surface area contributed by atoms with Gasteiger partial charge in [-0.2, -0.15) is 0 Å². The summed E-state index contributed by atoms with van der Waals surface area (Å²) < 4.78 is 22.8. The maximum absolute atomic E-state index is 11.4. The van der Waals surface area contributed by atoms with Crippen molar-refractivity contribution < 1.29 is 8.42 Å². The van der Waals surface area contributed by atoms with Crippen molar-refractivity contribution in [3.05, 3.63) is 35.4 Å². The molecule has 1 aromatic rings. The molecule has 4 heteroatoms. The lowest BCUT2D eigenvalue weighted by Gasteiger charge is -2.18. The fraction of sp³-hybridized carbons (Fsp3) is 0.500. The average molecular weight is 239 g/mol. The van der Waals surface area contributed by atoms with Crippen LogP contribution in [0.3, 0.4) is 0 Å². The normalized spacial score (nSPS) is 25.5. The van der Waals surface area contributed by atoms with Crippen molar-refractivity contribution in [1.82, 2.24) is 0 Å². The standard InChI is InChI=1S/C12H17NO2S/c1-9-2-4-10(5-3-9)12(13)11-6-7-16(14,15)8-11/h2-5,11-12H,6-8,13H2,1H3. The lowest BCUT2D eigenvalue weighted by molar-refractivity contribution is 0.480. The quantitative estimate of drug-likeness (QED) is 0.849. The third-order valence-electron chi connectivity index (χ3n) is 3.24. The van der Waals surface area contributed by atoms with Crippen LogP contribution in [-0.4, -0.2) is 19.9 Å². The van der Waals surface area contributed by atoms with Crippen molar-refractivity contribution in [1.29, 1.82) is 0 Å². The highest BCUT2D eigenvalue weighted by Gasteiger charge is 2.32. The SMILES string of the molecule is Cc1ccc(C(N)C2CCS(=O)(=O)C2)cc1. The van der Waals surface area contributed by atoms with Gasteiger partial charge in [0.1, 0.15) is 0 Å². The van der Waals surface area contributed by atoms with Gasteiger partial charge in [-0.3, -0.25) is 0 Å². The van der Waals surface area contributed by atoms with E-state index in [1.165, 1.54) is 5.56 Å². The molecular formula is C12H17NO2S. The number of rotatable bonds is 2.